The normalized spacial score (nSPS) is 11.7. The van der Waals surface area contributed by atoms with Crippen LogP contribution in [-0.4, -0.2) is 22.8 Å². The maximum absolute atomic E-state index is 12.2. The highest BCUT2D eigenvalue weighted by molar-refractivity contribution is 8.01. The molecule has 0 spiro atoms. The zero-order valence-corrected chi connectivity index (χ0v) is 16.0. The van der Waals surface area contributed by atoms with Crippen molar-refractivity contribution < 1.29 is 9.59 Å². The minimum atomic E-state index is -0.373. The van der Waals surface area contributed by atoms with E-state index in [0.717, 1.165) is 11.3 Å². The Morgan fingerprint density at radius 2 is 1.80 bits per heavy atom. The van der Waals surface area contributed by atoms with Crippen molar-refractivity contribution in [3.8, 4) is 0 Å². The Morgan fingerprint density at radius 1 is 1.08 bits per heavy atom. The number of thioether (sulfide) groups is 1. The Kier molecular flexibility index (Phi) is 6.91. The third-order valence-electron chi connectivity index (χ3n) is 3.76. The van der Waals surface area contributed by atoms with Gasteiger partial charge in [-0.3, -0.25) is 9.59 Å². The van der Waals surface area contributed by atoms with Crippen molar-refractivity contribution >= 4 is 46.6 Å². The van der Waals surface area contributed by atoms with Crippen LogP contribution >= 0.6 is 23.4 Å². The number of hydrogen-bond donors (Lipinski definition) is 2. The number of anilines is 2. The Morgan fingerprint density at radius 3 is 2.48 bits per heavy atom. The molecule has 4 nitrogen and oxygen atoms in total. The molecule has 0 aliphatic carbocycles. The summed E-state index contributed by atoms with van der Waals surface area (Å²) in [5.74, 6) is -0.118. The van der Waals surface area contributed by atoms with Gasteiger partial charge in [-0.05, 0) is 56.2 Å². The van der Waals surface area contributed by atoms with E-state index in [9.17, 15) is 9.59 Å². The molecule has 0 aliphatic rings. The predicted molar refractivity (Wildman–Crippen MR) is 107 cm³/mol. The lowest BCUT2D eigenvalue weighted by molar-refractivity contribution is -0.115. The van der Waals surface area contributed by atoms with Gasteiger partial charge in [-0.15, -0.1) is 11.8 Å². The van der Waals surface area contributed by atoms with Gasteiger partial charge in [0.2, 0.25) is 11.8 Å². The minimum absolute atomic E-state index is 0.134. The molecule has 0 saturated carbocycles. The molecule has 2 aromatic carbocycles. The van der Waals surface area contributed by atoms with E-state index in [1.54, 1.807) is 31.2 Å². The van der Waals surface area contributed by atoms with Gasteiger partial charge in [-0.2, -0.15) is 0 Å². The van der Waals surface area contributed by atoms with Gasteiger partial charge >= 0.3 is 0 Å². The summed E-state index contributed by atoms with van der Waals surface area (Å²) >= 11 is 7.31. The van der Waals surface area contributed by atoms with Crippen LogP contribution in [-0.2, 0) is 9.59 Å². The fourth-order valence-corrected chi connectivity index (χ4v) is 2.96. The number of para-hydroxylation sites is 1. The molecule has 1 unspecified atom stereocenters. The summed E-state index contributed by atoms with van der Waals surface area (Å²) in [6.07, 6.45) is 0. The van der Waals surface area contributed by atoms with Crippen LogP contribution in [0.2, 0.25) is 5.02 Å². The summed E-state index contributed by atoms with van der Waals surface area (Å²) < 4.78 is 0. The monoisotopic (exact) mass is 376 g/mol. The van der Waals surface area contributed by atoms with Crippen molar-refractivity contribution in [3.63, 3.8) is 0 Å². The molecule has 2 rings (SSSR count). The third-order valence-corrected chi connectivity index (χ3v) is 5.23. The summed E-state index contributed by atoms with van der Waals surface area (Å²) in [5.41, 5.74) is 3.64. The lowest BCUT2D eigenvalue weighted by atomic mass is 10.1. The maximum Gasteiger partial charge on any atom is 0.237 e. The molecule has 0 heterocycles. The summed E-state index contributed by atoms with van der Waals surface area (Å²) in [6, 6.07) is 12.8. The van der Waals surface area contributed by atoms with Gasteiger partial charge in [-0.25, -0.2) is 0 Å². The van der Waals surface area contributed by atoms with E-state index in [-0.39, 0.29) is 22.8 Å². The van der Waals surface area contributed by atoms with Crippen molar-refractivity contribution in [2.75, 3.05) is 16.4 Å². The molecule has 0 bridgehead atoms. The molecule has 2 amide bonds. The number of rotatable bonds is 6. The molecule has 132 valence electrons. The topological polar surface area (TPSA) is 58.2 Å². The number of carbonyl (C=O) groups is 2. The van der Waals surface area contributed by atoms with Crippen molar-refractivity contribution in [2.45, 2.75) is 26.0 Å². The second kappa shape index (κ2) is 8.92. The number of halogens is 1. The molecule has 0 aliphatic heterocycles. The quantitative estimate of drug-likeness (QED) is 0.771. The molecule has 2 N–H and O–H groups in total. The van der Waals surface area contributed by atoms with Crippen LogP contribution in [0.5, 0.6) is 0 Å². The van der Waals surface area contributed by atoms with Crippen molar-refractivity contribution in [1.29, 1.82) is 0 Å². The largest absolute Gasteiger partial charge is 0.325 e. The fraction of sp³-hybridized carbons (Fsp3) is 0.263. The molecule has 2 aromatic rings. The minimum Gasteiger partial charge on any atom is -0.325 e. The van der Waals surface area contributed by atoms with E-state index in [1.807, 2.05) is 32.0 Å². The molecule has 0 aromatic heterocycles. The van der Waals surface area contributed by atoms with Crippen LogP contribution < -0.4 is 10.6 Å². The Bertz CT molecular complexity index is 780. The van der Waals surface area contributed by atoms with E-state index in [2.05, 4.69) is 10.6 Å². The summed E-state index contributed by atoms with van der Waals surface area (Å²) in [6.45, 7) is 5.79. The Labute approximate surface area is 157 Å². The van der Waals surface area contributed by atoms with Crippen molar-refractivity contribution in [3.05, 3.63) is 58.6 Å². The Hall–Kier alpha value is -1.98. The number of aryl methyl sites for hydroxylation is 2. The van der Waals surface area contributed by atoms with Gasteiger partial charge in [0, 0.05) is 5.69 Å². The van der Waals surface area contributed by atoms with Crippen LogP contribution in [0.4, 0.5) is 11.4 Å². The first-order chi connectivity index (χ1) is 11.9. The van der Waals surface area contributed by atoms with Crippen LogP contribution in [0.25, 0.3) is 0 Å². The van der Waals surface area contributed by atoms with Gasteiger partial charge in [0.05, 0.1) is 21.7 Å². The summed E-state index contributed by atoms with van der Waals surface area (Å²) in [4.78, 5) is 24.3. The number of amides is 2. The highest BCUT2D eigenvalue weighted by Gasteiger charge is 2.16. The smallest absolute Gasteiger partial charge is 0.237 e. The van der Waals surface area contributed by atoms with Gasteiger partial charge in [0.25, 0.3) is 0 Å². The molecule has 0 fully saturated rings. The first-order valence-electron chi connectivity index (χ1n) is 7.91. The standard InChI is InChI=1S/C19H21ClN2O2S/c1-12-8-9-15(10-13(12)2)21-18(23)11-25-14(3)19(24)22-17-7-5-4-6-16(17)20/h4-10,14H,11H2,1-3H3,(H,21,23)(H,22,24). The van der Waals surface area contributed by atoms with Crippen LogP contribution in [0, 0.1) is 13.8 Å². The molecule has 0 saturated heterocycles. The van der Waals surface area contributed by atoms with Crippen LogP contribution in [0.15, 0.2) is 42.5 Å². The van der Waals surface area contributed by atoms with Crippen molar-refractivity contribution in [2.24, 2.45) is 0 Å². The predicted octanol–water partition coefficient (Wildman–Crippen LogP) is 4.66. The van der Waals surface area contributed by atoms with Crippen molar-refractivity contribution in [1.82, 2.24) is 0 Å². The lowest BCUT2D eigenvalue weighted by Crippen LogP contribution is -2.25. The fourth-order valence-electron chi connectivity index (χ4n) is 2.09. The highest BCUT2D eigenvalue weighted by Crippen LogP contribution is 2.22. The maximum atomic E-state index is 12.2. The van der Waals surface area contributed by atoms with E-state index < -0.39 is 0 Å². The summed E-state index contributed by atoms with van der Waals surface area (Å²) in [7, 11) is 0. The second-order valence-corrected chi connectivity index (χ2v) is 7.51. The number of carbonyl (C=O) groups excluding carboxylic acids is 2. The third kappa shape index (κ3) is 5.80. The Balaban J connectivity index is 1.83. The molecule has 0 radical (unpaired) electrons. The zero-order chi connectivity index (χ0) is 18.4. The second-order valence-electron chi connectivity index (χ2n) is 5.77. The van der Waals surface area contributed by atoms with E-state index in [4.69, 9.17) is 11.6 Å². The molecule has 25 heavy (non-hydrogen) atoms. The molecular formula is C19H21ClN2O2S. The molecule has 1 atom stereocenters. The van der Waals surface area contributed by atoms with Gasteiger partial charge < -0.3 is 10.6 Å². The van der Waals surface area contributed by atoms with Crippen LogP contribution in [0.3, 0.4) is 0 Å². The number of hydrogen-bond acceptors (Lipinski definition) is 3. The molecular weight excluding hydrogens is 356 g/mol. The molecule has 6 heteroatoms. The summed E-state index contributed by atoms with van der Waals surface area (Å²) in [5, 5.41) is 5.74. The zero-order valence-electron chi connectivity index (χ0n) is 14.4. The van der Waals surface area contributed by atoms with Gasteiger partial charge in [-0.1, -0.05) is 29.8 Å². The van der Waals surface area contributed by atoms with E-state index in [0.29, 0.717) is 10.7 Å². The SMILES string of the molecule is Cc1ccc(NC(=O)CSC(C)C(=O)Nc2ccccc2Cl)cc1C. The van der Waals surface area contributed by atoms with E-state index in [1.165, 1.54) is 17.3 Å². The highest BCUT2D eigenvalue weighted by atomic mass is 35.5. The van der Waals surface area contributed by atoms with Crippen LogP contribution in [0.1, 0.15) is 18.1 Å². The lowest BCUT2D eigenvalue weighted by Gasteiger charge is -2.13. The first kappa shape index (κ1) is 19.3. The number of benzene rings is 2. The van der Waals surface area contributed by atoms with Gasteiger partial charge in [0.15, 0.2) is 0 Å². The van der Waals surface area contributed by atoms with E-state index >= 15 is 0 Å². The van der Waals surface area contributed by atoms with Gasteiger partial charge in [0.1, 0.15) is 0 Å². The average Bonchev–Trinajstić information content (AvgIpc) is 2.58. The average molecular weight is 377 g/mol. The first-order valence-corrected chi connectivity index (χ1v) is 9.33. The number of nitrogens with one attached hydrogen (secondary N) is 2.